The number of carbonyl (C=O) groups excluding carboxylic acids is 1. The van der Waals surface area contributed by atoms with Crippen LogP contribution in [0.3, 0.4) is 0 Å². The first-order valence-corrected chi connectivity index (χ1v) is 10.3. The number of amides is 1. The highest BCUT2D eigenvalue weighted by atomic mass is 16.1. The molecule has 0 spiro atoms. The number of carbonyl (C=O) groups is 1. The lowest BCUT2D eigenvalue weighted by atomic mass is 9.92. The lowest BCUT2D eigenvalue weighted by Crippen LogP contribution is -2.34. The number of hydrogen-bond acceptors (Lipinski definition) is 6. The van der Waals surface area contributed by atoms with Crippen LogP contribution in [0.5, 0.6) is 0 Å². The number of pyridine rings is 1. The molecular formula is C21H28N6O. The number of hydrogen-bond donors (Lipinski definition) is 2. The molecule has 148 valence electrons. The van der Waals surface area contributed by atoms with Gasteiger partial charge in [-0.2, -0.15) is 0 Å². The molecule has 4 rings (SSSR count). The second-order valence-electron chi connectivity index (χ2n) is 7.78. The molecule has 1 aliphatic heterocycles. The van der Waals surface area contributed by atoms with Gasteiger partial charge < -0.3 is 15.5 Å². The summed E-state index contributed by atoms with van der Waals surface area (Å²) >= 11 is 0. The summed E-state index contributed by atoms with van der Waals surface area (Å²) in [7, 11) is 0. The summed E-state index contributed by atoms with van der Waals surface area (Å²) in [6.45, 7) is 2.55. The highest BCUT2D eigenvalue weighted by Gasteiger charge is 2.23. The minimum Gasteiger partial charge on any atom is -0.367 e. The Bertz CT molecular complexity index is 771. The highest BCUT2D eigenvalue weighted by molar-refractivity contribution is 5.75. The molecule has 7 nitrogen and oxygen atoms in total. The van der Waals surface area contributed by atoms with Crippen molar-refractivity contribution in [3.05, 3.63) is 42.5 Å². The van der Waals surface area contributed by atoms with Gasteiger partial charge in [0.2, 0.25) is 5.91 Å². The van der Waals surface area contributed by atoms with Crippen LogP contribution in [0.4, 0.5) is 11.6 Å². The van der Waals surface area contributed by atoms with Crippen LogP contribution in [0.1, 0.15) is 44.1 Å². The quantitative estimate of drug-likeness (QED) is 0.733. The van der Waals surface area contributed by atoms with Crippen molar-refractivity contribution in [2.75, 3.05) is 23.3 Å². The largest absolute Gasteiger partial charge is 0.367 e. The van der Waals surface area contributed by atoms with Crippen LogP contribution < -0.4 is 15.5 Å². The van der Waals surface area contributed by atoms with E-state index in [0.29, 0.717) is 24.9 Å². The van der Waals surface area contributed by atoms with Crippen molar-refractivity contribution in [1.29, 1.82) is 0 Å². The molecule has 2 fully saturated rings. The number of aromatic nitrogens is 3. The maximum absolute atomic E-state index is 12.1. The molecule has 28 heavy (non-hydrogen) atoms. The van der Waals surface area contributed by atoms with Crippen LogP contribution in [0.15, 0.2) is 36.9 Å². The fraction of sp³-hybridized carbons (Fsp3) is 0.524. The first-order valence-electron chi connectivity index (χ1n) is 10.3. The number of piperidine rings is 1. The Balaban J connectivity index is 1.17. The third-order valence-electron chi connectivity index (χ3n) is 5.54. The summed E-state index contributed by atoms with van der Waals surface area (Å²) < 4.78 is 0. The second-order valence-corrected chi connectivity index (χ2v) is 7.78. The molecule has 1 saturated heterocycles. The molecule has 0 aromatic carbocycles. The molecule has 2 aromatic heterocycles. The minimum absolute atomic E-state index is 0.130. The molecule has 2 aliphatic rings. The Morgan fingerprint density at radius 2 is 1.89 bits per heavy atom. The van der Waals surface area contributed by atoms with Gasteiger partial charge in [0.15, 0.2) is 0 Å². The lowest BCUT2D eigenvalue weighted by molar-refractivity contribution is -0.121. The second kappa shape index (κ2) is 8.99. The average Bonchev–Trinajstić information content (AvgIpc) is 3.56. The maximum atomic E-state index is 12.1. The van der Waals surface area contributed by atoms with Crippen molar-refractivity contribution in [3.63, 3.8) is 0 Å². The zero-order valence-corrected chi connectivity index (χ0v) is 16.2. The van der Waals surface area contributed by atoms with E-state index in [1.165, 1.54) is 12.8 Å². The molecule has 7 heteroatoms. The topological polar surface area (TPSA) is 83.0 Å². The molecule has 1 amide bonds. The van der Waals surface area contributed by atoms with Gasteiger partial charge in [0, 0.05) is 50.6 Å². The predicted octanol–water partition coefficient (Wildman–Crippen LogP) is 2.76. The van der Waals surface area contributed by atoms with E-state index in [0.717, 1.165) is 49.6 Å². The van der Waals surface area contributed by atoms with Gasteiger partial charge in [-0.1, -0.05) is 0 Å². The molecule has 0 radical (unpaired) electrons. The van der Waals surface area contributed by atoms with Gasteiger partial charge >= 0.3 is 0 Å². The van der Waals surface area contributed by atoms with E-state index < -0.39 is 0 Å². The number of rotatable bonds is 8. The predicted molar refractivity (Wildman–Crippen MR) is 109 cm³/mol. The molecular weight excluding hydrogens is 352 g/mol. The van der Waals surface area contributed by atoms with Gasteiger partial charge in [-0.15, -0.1) is 0 Å². The fourth-order valence-corrected chi connectivity index (χ4v) is 3.61. The zero-order valence-electron chi connectivity index (χ0n) is 16.2. The van der Waals surface area contributed by atoms with Crippen molar-refractivity contribution in [2.24, 2.45) is 5.92 Å². The van der Waals surface area contributed by atoms with Gasteiger partial charge in [0.25, 0.3) is 0 Å². The van der Waals surface area contributed by atoms with Crippen molar-refractivity contribution in [2.45, 2.75) is 51.1 Å². The average molecular weight is 380 g/mol. The Morgan fingerprint density at radius 1 is 1.11 bits per heavy atom. The Labute approximate surface area is 166 Å². The molecule has 2 aromatic rings. The molecule has 1 saturated carbocycles. The van der Waals surface area contributed by atoms with Crippen LogP contribution in [-0.4, -0.2) is 40.0 Å². The third-order valence-corrected chi connectivity index (χ3v) is 5.54. The molecule has 1 aliphatic carbocycles. The molecule has 0 unspecified atom stereocenters. The standard InChI is InChI=1S/C21H28N6O/c28-21(23-14-17-5-9-22-10-6-17)4-1-16-7-11-27(12-8-16)20-13-19(24-15-25-20)26-18-2-3-18/h5-6,9-10,13,15-16,18H,1-4,7-8,11-12,14H2,(H,23,28)(H,24,25,26). The van der Waals surface area contributed by atoms with Crippen LogP contribution >= 0.6 is 0 Å². The third kappa shape index (κ3) is 5.41. The monoisotopic (exact) mass is 380 g/mol. The lowest BCUT2D eigenvalue weighted by Gasteiger charge is -2.32. The molecule has 2 N–H and O–H groups in total. The van der Waals surface area contributed by atoms with Crippen LogP contribution in [0, 0.1) is 5.92 Å². The summed E-state index contributed by atoms with van der Waals surface area (Å²) in [4.78, 5) is 27.2. The molecule has 0 bridgehead atoms. The summed E-state index contributed by atoms with van der Waals surface area (Å²) in [6.07, 6.45) is 11.4. The van der Waals surface area contributed by atoms with Crippen LogP contribution in [-0.2, 0) is 11.3 Å². The van der Waals surface area contributed by atoms with E-state index >= 15 is 0 Å². The summed E-state index contributed by atoms with van der Waals surface area (Å²) in [5.41, 5.74) is 1.08. The van der Waals surface area contributed by atoms with E-state index in [-0.39, 0.29) is 5.91 Å². The molecule has 3 heterocycles. The van der Waals surface area contributed by atoms with E-state index in [1.54, 1.807) is 18.7 Å². The van der Waals surface area contributed by atoms with Crippen molar-refractivity contribution >= 4 is 17.5 Å². The van der Waals surface area contributed by atoms with Crippen LogP contribution in [0.2, 0.25) is 0 Å². The van der Waals surface area contributed by atoms with Crippen molar-refractivity contribution in [1.82, 2.24) is 20.3 Å². The molecule has 0 atom stereocenters. The van der Waals surface area contributed by atoms with E-state index in [9.17, 15) is 4.79 Å². The normalized spacial score (nSPS) is 17.4. The highest BCUT2D eigenvalue weighted by Crippen LogP contribution is 2.27. The van der Waals surface area contributed by atoms with Crippen molar-refractivity contribution < 1.29 is 4.79 Å². The maximum Gasteiger partial charge on any atom is 0.220 e. The smallest absolute Gasteiger partial charge is 0.220 e. The van der Waals surface area contributed by atoms with E-state index in [2.05, 4.69) is 36.6 Å². The Kier molecular flexibility index (Phi) is 5.99. The van der Waals surface area contributed by atoms with Gasteiger partial charge in [0.05, 0.1) is 0 Å². The number of anilines is 2. The summed E-state index contributed by atoms with van der Waals surface area (Å²) in [5.74, 6) is 2.67. The zero-order chi connectivity index (χ0) is 19.2. The summed E-state index contributed by atoms with van der Waals surface area (Å²) in [6, 6.07) is 6.51. The Hall–Kier alpha value is -2.70. The number of nitrogens with one attached hydrogen (secondary N) is 2. The van der Waals surface area contributed by atoms with Gasteiger partial charge in [-0.05, 0) is 55.7 Å². The van der Waals surface area contributed by atoms with Gasteiger partial charge in [-0.3, -0.25) is 9.78 Å². The first kappa shape index (κ1) is 18.7. The van der Waals surface area contributed by atoms with E-state index in [4.69, 9.17) is 0 Å². The Morgan fingerprint density at radius 3 is 2.64 bits per heavy atom. The van der Waals surface area contributed by atoms with Crippen molar-refractivity contribution in [3.8, 4) is 0 Å². The minimum atomic E-state index is 0.130. The summed E-state index contributed by atoms with van der Waals surface area (Å²) in [5, 5.41) is 6.43. The number of nitrogens with zero attached hydrogens (tertiary/aromatic N) is 4. The van der Waals surface area contributed by atoms with Crippen LogP contribution in [0.25, 0.3) is 0 Å². The first-order chi connectivity index (χ1) is 13.8. The SMILES string of the molecule is O=C(CCC1CCN(c2cc(NC3CC3)ncn2)CC1)NCc1ccncc1. The van der Waals surface area contributed by atoms with E-state index in [1.807, 2.05) is 12.1 Å². The fourth-order valence-electron chi connectivity index (χ4n) is 3.61. The van der Waals surface area contributed by atoms with Gasteiger partial charge in [-0.25, -0.2) is 9.97 Å². The van der Waals surface area contributed by atoms with Gasteiger partial charge in [0.1, 0.15) is 18.0 Å².